The maximum Gasteiger partial charge on any atom is 0.0998 e. The number of para-hydroxylation sites is 3. The summed E-state index contributed by atoms with van der Waals surface area (Å²) in [5.74, 6) is 0. The molecule has 4 nitrogen and oxygen atoms in total. The first-order chi connectivity index (χ1) is 23.7. The van der Waals surface area contributed by atoms with Gasteiger partial charge in [-0.3, -0.25) is 0 Å². The van der Waals surface area contributed by atoms with E-state index in [2.05, 4.69) is 143 Å². The van der Waals surface area contributed by atoms with E-state index in [0.29, 0.717) is 16.7 Å². The van der Waals surface area contributed by atoms with Crippen LogP contribution in [0.25, 0.3) is 77.2 Å². The number of hydrogen-bond acceptors (Lipinski definition) is 2. The van der Waals surface area contributed by atoms with Crippen molar-refractivity contribution in [3.8, 4) is 45.8 Å². The molecule has 0 aliphatic carbocycles. The Balaban J connectivity index is 1.31. The van der Waals surface area contributed by atoms with Crippen LogP contribution in [0.4, 0.5) is 0 Å². The molecule has 0 saturated heterocycles. The normalized spacial score (nSPS) is 11.3. The summed E-state index contributed by atoms with van der Waals surface area (Å²) in [6.45, 7) is 0. The highest BCUT2D eigenvalue weighted by Gasteiger charge is 2.20. The highest BCUT2D eigenvalue weighted by molar-refractivity contribution is 6.12. The fourth-order valence-electron chi connectivity index (χ4n) is 7.35. The Morgan fingerprint density at radius 2 is 0.854 bits per heavy atom. The lowest BCUT2D eigenvalue weighted by atomic mass is 9.89. The Labute approximate surface area is 277 Å². The Morgan fingerprint density at radius 3 is 1.44 bits per heavy atom. The number of rotatable bonds is 4. The quantitative estimate of drug-likeness (QED) is 0.199. The molecule has 2 aromatic heterocycles. The number of benzene rings is 7. The van der Waals surface area contributed by atoms with E-state index < -0.39 is 0 Å². The minimum atomic E-state index is 0.480. The molecule has 0 aliphatic rings. The first kappa shape index (κ1) is 27.4. The molecular weight excluding hydrogens is 585 g/mol. The second-order valence-electron chi connectivity index (χ2n) is 12.0. The summed E-state index contributed by atoms with van der Waals surface area (Å²) in [5, 5.41) is 24.9. The molecule has 222 valence electrons. The summed E-state index contributed by atoms with van der Waals surface area (Å²) in [6, 6.07) is 59.0. The SMILES string of the molecule is N#Cc1cccc(C#N)c1-c1ccc(-n2c3ccccc3c3cc(-n4c5ccccc5c5ccccc54)ccc32)cc1-c1ccccc1. The molecule has 0 N–H and O–H groups in total. The van der Waals surface area contributed by atoms with Crippen LogP contribution in [0.5, 0.6) is 0 Å². The van der Waals surface area contributed by atoms with Gasteiger partial charge in [-0.2, -0.15) is 10.5 Å². The number of nitriles is 2. The molecule has 9 aromatic rings. The third-order valence-corrected chi connectivity index (χ3v) is 9.42. The topological polar surface area (TPSA) is 57.4 Å². The van der Waals surface area contributed by atoms with Gasteiger partial charge in [0.15, 0.2) is 0 Å². The van der Waals surface area contributed by atoms with E-state index >= 15 is 0 Å². The molecule has 7 aromatic carbocycles. The van der Waals surface area contributed by atoms with E-state index in [1.165, 1.54) is 27.2 Å². The van der Waals surface area contributed by atoms with Crippen LogP contribution < -0.4 is 0 Å². The van der Waals surface area contributed by atoms with E-state index in [0.717, 1.165) is 44.5 Å². The zero-order chi connectivity index (χ0) is 32.2. The molecule has 0 atom stereocenters. The minimum Gasteiger partial charge on any atom is -0.309 e. The largest absolute Gasteiger partial charge is 0.309 e. The first-order valence-electron chi connectivity index (χ1n) is 15.9. The molecule has 0 bridgehead atoms. The fraction of sp³-hybridized carbons (Fsp3) is 0. The molecule has 0 amide bonds. The Bertz CT molecular complexity index is 2720. The van der Waals surface area contributed by atoms with Gasteiger partial charge in [0, 0.05) is 38.5 Å². The van der Waals surface area contributed by atoms with Crippen LogP contribution in [0.15, 0.2) is 158 Å². The third kappa shape index (κ3) is 4.07. The fourth-order valence-corrected chi connectivity index (χ4v) is 7.35. The first-order valence-corrected chi connectivity index (χ1v) is 15.9. The maximum atomic E-state index is 10.0. The summed E-state index contributed by atoms with van der Waals surface area (Å²) in [7, 11) is 0. The lowest BCUT2D eigenvalue weighted by Gasteiger charge is -2.17. The summed E-state index contributed by atoms with van der Waals surface area (Å²) >= 11 is 0. The second-order valence-corrected chi connectivity index (χ2v) is 12.0. The van der Waals surface area contributed by atoms with Crippen LogP contribution in [0.2, 0.25) is 0 Å². The van der Waals surface area contributed by atoms with Crippen LogP contribution in [0.1, 0.15) is 11.1 Å². The molecular formula is C44H26N4. The highest BCUT2D eigenvalue weighted by atomic mass is 15.0. The molecule has 4 heteroatoms. The third-order valence-electron chi connectivity index (χ3n) is 9.42. The molecule has 48 heavy (non-hydrogen) atoms. The predicted octanol–water partition coefficient (Wildman–Crippen LogP) is 11.0. The Kier molecular flexibility index (Phi) is 6.22. The molecule has 9 rings (SSSR count). The highest BCUT2D eigenvalue weighted by Crippen LogP contribution is 2.41. The van der Waals surface area contributed by atoms with Gasteiger partial charge < -0.3 is 9.13 Å². The molecule has 2 heterocycles. The van der Waals surface area contributed by atoms with Crippen molar-refractivity contribution in [2.45, 2.75) is 0 Å². The van der Waals surface area contributed by atoms with Crippen molar-refractivity contribution in [1.82, 2.24) is 9.13 Å². The molecule has 0 saturated carbocycles. The van der Waals surface area contributed by atoms with Crippen molar-refractivity contribution >= 4 is 43.6 Å². The molecule has 0 aliphatic heterocycles. The maximum absolute atomic E-state index is 10.0. The average Bonchev–Trinajstić information content (AvgIpc) is 3.67. The van der Waals surface area contributed by atoms with Gasteiger partial charge in [-0.1, -0.05) is 97.1 Å². The van der Waals surface area contributed by atoms with Gasteiger partial charge in [0.05, 0.1) is 45.3 Å². The van der Waals surface area contributed by atoms with Crippen LogP contribution in [0.3, 0.4) is 0 Å². The van der Waals surface area contributed by atoms with Gasteiger partial charge >= 0.3 is 0 Å². The van der Waals surface area contributed by atoms with E-state index in [4.69, 9.17) is 0 Å². The van der Waals surface area contributed by atoms with Gasteiger partial charge in [-0.15, -0.1) is 0 Å². The lowest BCUT2D eigenvalue weighted by molar-refractivity contribution is 1.17. The number of aromatic nitrogens is 2. The smallest absolute Gasteiger partial charge is 0.0998 e. The van der Waals surface area contributed by atoms with Crippen LogP contribution >= 0.6 is 0 Å². The van der Waals surface area contributed by atoms with Gasteiger partial charge in [-0.25, -0.2) is 0 Å². The lowest BCUT2D eigenvalue weighted by Crippen LogP contribution is -1.98. The zero-order valence-corrected chi connectivity index (χ0v) is 25.8. The summed E-state index contributed by atoms with van der Waals surface area (Å²) in [5.41, 5.74) is 11.1. The van der Waals surface area contributed by atoms with Crippen molar-refractivity contribution < 1.29 is 0 Å². The number of hydrogen-bond donors (Lipinski definition) is 0. The number of fused-ring (bicyclic) bond motifs is 6. The van der Waals surface area contributed by atoms with Crippen molar-refractivity contribution in [1.29, 1.82) is 10.5 Å². The van der Waals surface area contributed by atoms with E-state index in [9.17, 15) is 10.5 Å². The van der Waals surface area contributed by atoms with Gasteiger partial charge in [0.1, 0.15) is 0 Å². The second kappa shape index (κ2) is 10.9. The zero-order valence-electron chi connectivity index (χ0n) is 25.8. The van der Waals surface area contributed by atoms with Crippen LogP contribution in [-0.2, 0) is 0 Å². The van der Waals surface area contributed by atoms with E-state index in [1.807, 2.05) is 18.2 Å². The summed E-state index contributed by atoms with van der Waals surface area (Å²) < 4.78 is 4.68. The monoisotopic (exact) mass is 610 g/mol. The standard InChI is InChI=1S/C44H26N4/c45-27-30-13-10-14-31(28-46)44(30)37-23-21-32(25-38(37)29-11-2-1-3-12-29)48-42-20-9-6-17-36(42)39-26-33(22-24-43(39)48)47-40-18-7-4-15-34(40)35-16-5-8-19-41(35)47/h1-26H. The van der Waals surface area contributed by atoms with Gasteiger partial charge in [0.25, 0.3) is 0 Å². The minimum absolute atomic E-state index is 0.480. The van der Waals surface area contributed by atoms with Crippen molar-refractivity contribution in [3.63, 3.8) is 0 Å². The Hall–Kier alpha value is -6.88. The van der Waals surface area contributed by atoms with Crippen molar-refractivity contribution in [2.24, 2.45) is 0 Å². The van der Waals surface area contributed by atoms with Gasteiger partial charge in [0.2, 0.25) is 0 Å². The van der Waals surface area contributed by atoms with Crippen LogP contribution in [0, 0.1) is 22.7 Å². The summed E-state index contributed by atoms with van der Waals surface area (Å²) in [4.78, 5) is 0. The van der Waals surface area contributed by atoms with Gasteiger partial charge in [-0.05, 0) is 77.4 Å². The molecule has 0 spiro atoms. The average molecular weight is 611 g/mol. The molecule has 0 radical (unpaired) electrons. The van der Waals surface area contributed by atoms with Crippen LogP contribution in [-0.4, -0.2) is 9.13 Å². The van der Waals surface area contributed by atoms with Crippen molar-refractivity contribution in [2.75, 3.05) is 0 Å². The Morgan fingerprint density at radius 1 is 0.375 bits per heavy atom. The van der Waals surface area contributed by atoms with E-state index in [-0.39, 0.29) is 0 Å². The van der Waals surface area contributed by atoms with Crippen molar-refractivity contribution in [3.05, 3.63) is 169 Å². The number of nitrogens with zero attached hydrogens (tertiary/aromatic N) is 4. The molecule has 0 fully saturated rings. The predicted molar refractivity (Wildman–Crippen MR) is 195 cm³/mol. The molecule has 0 unspecified atom stereocenters. The summed E-state index contributed by atoms with van der Waals surface area (Å²) in [6.07, 6.45) is 0. The van der Waals surface area contributed by atoms with E-state index in [1.54, 1.807) is 18.2 Å².